The van der Waals surface area contributed by atoms with Crippen LogP contribution >= 0.6 is 0 Å². The molecule has 98 valence electrons. The highest BCUT2D eigenvalue weighted by Gasteiger charge is 2.20. The summed E-state index contributed by atoms with van der Waals surface area (Å²) in [6, 6.07) is 6.48. The standard InChI is InChI=1S/C11H18N.BF4/c1-9-7-6-8-11(10(9)2)12(3,4)5;2-1(3,4)5/h6-8H,1-5H3;/q+1;-1. The number of nitrogens with zero attached hydrogens (tertiary/aromatic N) is 1. The minimum Gasteiger partial charge on any atom is -0.418 e. The van der Waals surface area contributed by atoms with Crippen molar-refractivity contribution in [2.45, 2.75) is 13.8 Å². The molecule has 0 amide bonds. The molecule has 0 unspecified atom stereocenters. The Hall–Kier alpha value is -1.04. The van der Waals surface area contributed by atoms with Crippen LogP contribution in [0.4, 0.5) is 23.0 Å². The summed E-state index contributed by atoms with van der Waals surface area (Å²) in [4.78, 5) is 0. The molecule has 0 aliphatic heterocycles. The largest absolute Gasteiger partial charge is 0.673 e. The van der Waals surface area contributed by atoms with Gasteiger partial charge in [-0.1, -0.05) is 12.1 Å². The molecule has 0 saturated carbocycles. The maximum Gasteiger partial charge on any atom is 0.673 e. The van der Waals surface area contributed by atoms with E-state index in [4.69, 9.17) is 0 Å². The van der Waals surface area contributed by atoms with Crippen LogP contribution in [0.25, 0.3) is 0 Å². The zero-order chi connectivity index (χ0) is 13.9. The molecule has 1 rings (SSSR count). The summed E-state index contributed by atoms with van der Waals surface area (Å²) in [6.07, 6.45) is 0. The minimum atomic E-state index is -6.00. The molecule has 1 nitrogen and oxygen atoms in total. The predicted molar refractivity (Wildman–Crippen MR) is 65.7 cm³/mol. The summed E-state index contributed by atoms with van der Waals surface area (Å²) in [5.41, 5.74) is 4.18. The minimum absolute atomic E-state index is 0.896. The van der Waals surface area contributed by atoms with E-state index in [-0.39, 0.29) is 0 Å². The van der Waals surface area contributed by atoms with Crippen molar-refractivity contribution in [3.8, 4) is 0 Å². The van der Waals surface area contributed by atoms with Gasteiger partial charge in [0.25, 0.3) is 0 Å². The first-order valence-electron chi connectivity index (χ1n) is 5.18. The van der Waals surface area contributed by atoms with Gasteiger partial charge in [0.1, 0.15) is 5.69 Å². The van der Waals surface area contributed by atoms with E-state index in [0.717, 1.165) is 4.48 Å². The summed E-state index contributed by atoms with van der Waals surface area (Å²) in [6.45, 7) is 4.35. The van der Waals surface area contributed by atoms with E-state index in [9.17, 15) is 17.3 Å². The van der Waals surface area contributed by atoms with E-state index in [2.05, 4.69) is 53.2 Å². The average Bonchev–Trinajstić information content (AvgIpc) is 2.04. The van der Waals surface area contributed by atoms with Crippen molar-refractivity contribution in [3.63, 3.8) is 0 Å². The average molecular weight is 251 g/mol. The molecule has 0 spiro atoms. The van der Waals surface area contributed by atoms with Crippen molar-refractivity contribution >= 4 is 12.9 Å². The fourth-order valence-electron chi connectivity index (χ4n) is 1.46. The Morgan fingerprint density at radius 3 is 1.65 bits per heavy atom. The van der Waals surface area contributed by atoms with E-state index in [0.29, 0.717) is 0 Å². The maximum absolute atomic E-state index is 9.75. The summed E-state index contributed by atoms with van der Waals surface area (Å²) in [5, 5.41) is 0. The second-order valence-corrected chi connectivity index (χ2v) is 4.73. The van der Waals surface area contributed by atoms with Gasteiger partial charge in [-0.05, 0) is 25.5 Å². The zero-order valence-electron chi connectivity index (χ0n) is 10.8. The topological polar surface area (TPSA) is 0 Å². The normalized spacial score (nSPS) is 11.8. The highest BCUT2D eigenvalue weighted by molar-refractivity contribution is 6.50. The van der Waals surface area contributed by atoms with Crippen LogP contribution in [0.3, 0.4) is 0 Å². The van der Waals surface area contributed by atoms with Crippen LogP contribution in [0, 0.1) is 13.8 Å². The second-order valence-electron chi connectivity index (χ2n) is 4.73. The van der Waals surface area contributed by atoms with Gasteiger partial charge in [-0.25, -0.2) is 0 Å². The lowest BCUT2D eigenvalue weighted by atomic mass is 10.1. The molecule has 1 aromatic carbocycles. The van der Waals surface area contributed by atoms with Gasteiger partial charge in [0.15, 0.2) is 0 Å². The van der Waals surface area contributed by atoms with E-state index in [1.165, 1.54) is 16.8 Å². The fraction of sp³-hybridized carbons (Fsp3) is 0.455. The molecule has 6 heteroatoms. The third-order valence-electron chi connectivity index (χ3n) is 2.30. The van der Waals surface area contributed by atoms with Gasteiger partial charge in [0.2, 0.25) is 0 Å². The van der Waals surface area contributed by atoms with Crippen molar-refractivity contribution < 1.29 is 17.3 Å². The lowest BCUT2D eigenvalue weighted by molar-refractivity contribution is 0.368. The molecule has 0 N–H and O–H groups in total. The summed E-state index contributed by atoms with van der Waals surface area (Å²) >= 11 is 0. The lowest BCUT2D eigenvalue weighted by Gasteiger charge is -2.25. The molecule has 17 heavy (non-hydrogen) atoms. The Balaban J connectivity index is 0.000000437. The van der Waals surface area contributed by atoms with E-state index >= 15 is 0 Å². The number of aryl methyl sites for hydroxylation is 1. The van der Waals surface area contributed by atoms with Crippen LogP contribution in [0.15, 0.2) is 18.2 Å². The van der Waals surface area contributed by atoms with Crippen LogP contribution in [-0.4, -0.2) is 28.4 Å². The van der Waals surface area contributed by atoms with Crippen molar-refractivity contribution in [2.24, 2.45) is 0 Å². The molecule has 0 aromatic heterocycles. The Bertz CT molecular complexity index is 363. The van der Waals surface area contributed by atoms with Gasteiger partial charge in [0, 0.05) is 5.56 Å². The first-order valence-corrected chi connectivity index (χ1v) is 5.18. The monoisotopic (exact) mass is 251 g/mol. The molecule has 0 radical (unpaired) electrons. The van der Waals surface area contributed by atoms with Crippen molar-refractivity contribution in [1.29, 1.82) is 0 Å². The number of quaternary nitrogens is 1. The molecule has 0 heterocycles. The predicted octanol–water partition coefficient (Wildman–Crippen LogP) is 3.80. The zero-order valence-corrected chi connectivity index (χ0v) is 10.8. The Labute approximate surface area is 99.7 Å². The van der Waals surface area contributed by atoms with Crippen LogP contribution in [0.2, 0.25) is 0 Å². The van der Waals surface area contributed by atoms with Crippen LogP contribution in [0.5, 0.6) is 0 Å². The number of rotatable bonds is 1. The van der Waals surface area contributed by atoms with Gasteiger partial charge in [-0.2, -0.15) is 0 Å². The molecular weight excluding hydrogens is 233 g/mol. The van der Waals surface area contributed by atoms with Gasteiger partial charge >= 0.3 is 7.25 Å². The lowest BCUT2D eigenvalue weighted by Crippen LogP contribution is -2.35. The third kappa shape index (κ3) is 6.99. The molecule has 0 aliphatic rings. The Kier molecular flexibility index (Phi) is 5.20. The van der Waals surface area contributed by atoms with Crippen LogP contribution in [0.1, 0.15) is 11.1 Å². The van der Waals surface area contributed by atoms with Crippen molar-refractivity contribution in [3.05, 3.63) is 29.3 Å². The van der Waals surface area contributed by atoms with E-state index in [1.807, 2.05) is 0 Å². The van der Waals surface area contributed by atoms with Gasteiger partial charge in [0.05, 0.1) is 21.1 Å². The number of hydrogen-bond acceptors (Lipinski definition) is 0. The quantitative estimate of drug-likeness (QED) is 0.404. The number of halogens is 4. The maximum atomic E-state index is 9.75. The Morgan fingerprint density at radius 2 is 1.35 bits per heavy atom. The van der Waals surface area contributed by atoms with E-state index in [1.54, 1.807) is 0 Å². The summed E-state index contributed by atoms with van der Waals surface area (Å²) in [7, 11) is 0.589. The van der Waals surface area contributed by atoms with Gasteiger partial charge in [-0.3, -0.25) is 4.48 Å². The SMILES string of the molecule is Cc1cccc([N+](C)(C)C)c1C.F[B-](F)(F)F. The Morgan fingerprint density at radius 1 is 0.941 bits per heavy atom. The number of hydrogen-bond donors (Lipinski definition) is 0. The first kappa shape index (κ1) is 16.0. The highest BCUT2D eigenvalue weighted by Crippen LogP contribution is 2.24. The summed E-state index contributed by atoms with van der Waals surface area (Å²) < 4.78 is 39.9. The molecule has 0 bridgehead atoms. The van der Waals surface area contributed by atoms with Crippen molar-refractivity contribution in [2.75, 3.05) is 21.1 Å². The molecular formula is C11H18BF4N. The van der Waals surface area contributed by atoms with Gasteiger partial charge in [-0.15, -0.1) is 0 Å². The summed E-state index contributed by atoms with van der Waals surface area (Å²) in [5.74, 6) is 0. The molecule has 0 atom stereocenters. The van der Waals surface area contributed by atoms with Gasteiger partial charge < -0.3 is 17.3 Å². The second kappa shape index (κ2) is 5.53. The van der Waals surface area contributed by atoms with Crippen LogP contribution in [-0.2, 0) is 0 Å². The third-order valence-corrected chi connectivity index (χ3v) is 2.30. The molecule has 0 aliphatic carbocycles. The molecule has 0 fully saturated rings. The number of benzene rings is 1. The van der Waals surface area contributed by atoms with Crippen LogP contribution < -0.4 is 4.48 Å². The van der Waals surface area contributed by atoms with Crippen molar-refractivity contribution in [1.82, 2.24) is 4.48 Å². The first-order chi connectivity index (χ1) is 7.43. The molecule has 0 saturated heterocycles. The smallest absolute Gasteiger partial charge is 0.418 e. The molecule has 1 aromatic rings. The van der Waals surface area contributed by atoms with E-state index < -0.39 is 7.25 Å². The fourth-order valence-corrected chi connectivity index (χ4v) is 1.46. The highest BCUT2D eigenvalue weighted by atomic mass is 19.5.